The number of para-hydroxylation sites is 2. The van der Waals surface area contributed by atoms with Gasteiger partial charge in [-0.3, -0.25) is 15.1 Å². The van der Waals surface area contributed by atoms with Gasteiger partial charge in [-0.15, -0.1) is 0 Å². The first kappa shape index (κ1) is 20.2. The molecule has 0 saturated heterocycles. The minimum atomic E-state index is -0.460. The van der Waals surface area contributed by atoms with Gasteiger partial charge in [0.05, 0.1) is 28.1 Å². The SMILES string of the molecule is Fc1c(-c2cncc(CNCc3ccccc3)c2)ncc2[nH]nc(-c3nc4ccccc4[nH]3)c12. The van der Waals surface area contributed by atoms with Crippen LogP contribution in [0.5, 0.6) is 0 Å². The lowest BCUT2D eigenvalue weighted by Crippen LogP contribution is -2.12. The van der Waals surface area contributed by atoms with Crippen molar-refractivity contribution >= 4 is 21.9 Å². The number of hydrogen-bond acceptors (Lipinski definition) is 5. The Hall–Kier alpha value is -4.43. The number of nitrogens with zero attached hydrogens (tertiary/aromatic N) is 4. The summed E-state index contributed by atoms with van der Waals surface area (Å²) in [7, 11) is 0. The number of H-pyrrole nitrogens is 2. The molecule has 0 aliphatic heterocycles. The minimum absolute atomic E-state index is 0.226. The van der Waals surface area contributed by atoms with E-state index in [1.54, 1.807) is 18.6 Å². The number of pyridine rings is 2. The lowest BCUT2D eigenvalue weighted by molar-refractivity contribution is 0.638. The van der Waals surface area contributed by atoms with Crippen LogP contribution in [0.15, 0.2) is 79.3 Å². The summed E-state index contributed by atoms with van der Waals surface area (Å²) in [6.07, 6.45) is 4.99. The maximum absolute atomic E-state index is 15.8. The van der Waals surface area contributed by atoms with E-state index in [0.29, 0.717) is 34.5 Å². The molecule has 7 nitrogen and oxygen atoms in total. The van der Waals surface area contributed by atoms with Crippen LogP contribution >= 0.6 is 0 Å². The third-order valence-corrected chi connectivity index (χ3v) is 5.73. The number of imidazole rings is 1. The molecule has 166 valence electrons. The third-order valence-electron chi connectivity index (χ3n) is 5.73. The summed E-state index contributed by atoms with van der Waals surface area (Å²) in [6.45, 7) is 1.34. The number of aromatic nitrogens is 6. The molecule has 0 spiro atoms. The molecule has 6 rings (SSSR count). The van der Waals surface area contributed by atoms with Gasteiger partial charge in [0.1, 0.15) is 11.4 Å². The molecular weight excluding hydrogens is 429 g/mol. The van der Waals surface area contributed by atoms with E-state index < -0.39 is 5.82 Å². The van der Waals surface area contributed by atoms with Crippen molar-refractivity contribution in [3.8, 4) is 22.8 Å². The Morgan fingerprint density at radius 2 is 1.65 bits per heavy atom. The lowest BCUT2D eigenvalue weighted by atomic mass is 10.1. The van der Waals surface area contributed by atoms with Crippen LogP contribution in [0.4, 0.5) is 4.39 Å². The molecular formula is C26H20FN7. The Bertz CT molecular complexity index is 1570. The molecule has 6 aromatic rings. The average Bonchev–Trinajstić information content (AvgIpc) is 3.50. The quantitative estimate of drug-likeness (QED) is 0.333. The summed E-state index contributed by atoms with van der Waals surface area (Å²) < 4.78 is 15.8. The molecule has 0 atom stereocenters. The Morgan fingerprint density at radius 1 is 0.824 bits per heavy atom. The van der Waals surface area contributed by atoms with Crippen LogP contribution in [0.1, 0.15) is 11.1 Å². The second-order valence-electron chi connectivity index (χ2n) is 8.06. The second-order valence-corrected chi connectivity index (χ2v) is 8.06. The van der Waals surface area contributed by atoms with E-state index in [9.17, 15) is 0 Å². The van der Waals surface area contributed by atoms with E-state index in [2.05, 4.69) is 47.6 Å². The van der Waals surface area contributed by atoms with Gasteiger partial charge in [0, 0.05) is 31.0 Å². The Labute approximate surface area is 194 Å². The first-order chi connectivity index (χ1) is 16.8. The largest absolute Gasteiger partial charge is 0.337 e. The molecule has 2 aromatic carbocycles. The van der Waals surface area contributed by atoms with Crippen molar-refractivity contribution < 1.29 is 4.39 Å². The van der Waals surface area contributed by atoms with Gasteiger partial charge in [0.25, 0.3) is 0 Å². The topological polar surface area (TPSA) is 95.2 Å². The molecule has 0 saturated carbocycles. The summed E-state index contributed by atoms with van der Waals surface area (Å²) in [4.78, 5) is 16.5. The smallest absolute Gasteiger partial charge is 0.161 e. The van der Waals surface area contributed by atoms with Crippen molar-refractivity contribution in [3.63, 3.8) is 0 Å². The van der Waals surface area contributed by atoms with Gasteiger partial charge in [-0.05, 0) is 29.3 Å². The number of fused-ring (bicyclic) bond motifs is 2. The zero-order valence-corrected chi connectivity index (χ0v) is 18.1. The van der Waals surface area contributed by atoms with Crippen molar-refractivity contribution in [3.05, 3.63) is 96.2 Å². The van der Waals surface area contributed by atoms with Gasteiger partial charge in [0.15, 0.2) is 11.6 Å². The standard InChI is InChI=1S/C26H20FN7/c27-23-22-21(33-34-25(22)26-31-19-8-4-5-9-20(19)32-26)15-30-24(23)18-10-17(13-29-14-18)12-28-11-16-6-2-1-3-7-16/h1-10,13-15,28H,11-12H2,(H,31,32)(H,33,34). The Balaban J connectivity index is 1.32. The first-order valence-electron chi connectivity index (χ1n) is 10.9. The number of hydrogen-bond donors (Lipinski definition) is 3. The van der Waals surface area contributed by atoms with E-state index in [1.165, 1.54) is 5.56 Å². The van der Waals surface area contributed by atoms with E-state index in [-0.39, 0.29) is 5.69 Å². The van der Waals surface area contributed by atoms with E-state index in [0.717, 1.165) is 23.1 Å². The highest BCUT2D eigenvalue weighted by Crippen LogP contribution is 2.32. The number of aromatic amines is 2. The van der Waals surface area contributed by atoms with E-state index in [1.807, 2.05) is 48.5 Å². The summed E-state index contributed by atoms with van der Waals surface area (Å²) in [5, 5.41) is 10.9. The predicted molar refractivity (Wildman–Crippen MR) is 129 cm³/mol. The van der Waals surface area contributed by atoms with Gasteiger partial charge in [-0.25, -0.2) is 9.37 Å². The third kappa shape index (κ3) is 3.70. The van der Waals surface area contributed by atoms with E-state index >= 15 is 4.39 Å². The van der Waals surface area contributed by atoms with Gasteiger partial charge in [0.2, 0.25) is 0 Å². The summed E-state index contributed by atoms with van der Waals surface area (Å²) in [5.41, 5.74) is 5.55. The first-order valence-corrected chi connectivity index (χ1v) is 10.9. The summed E-state index contributed by atoms with van der Waals surface area (Å²) >= 11 is 0. The molecule has 0 fully saturated rings. The molecule has 0 bridgehead atoms. The Morgan fingerprint density at radius 3 is 2.53 bits per heavy atom. The molecule has 34 heavy (non-hydrogen) atoms. The second kappa shape index (κ2) is 8.49. The number of benzene rings is 2. The Kier molecular flexibility index (Phi) is 5.04. The van der Waals surface area contributed by atoms with Crippen LogP contribution < -0.4 is 5.32 Å². The van der Waals surface area contributed by atoms with Crippen molar-refractivity contribution in [2.24, 2.45) is 0 Å². The fraction of sp³-hybridized carbons (Fsp3) is 0.0769. The number of rotatable bonds is 6. The van der Waals surface area contributed by atoms with Crippen LogP contribution in [0.3, 0.4) is 0 Å². The van der Waals surface area contributed by atoms with Gasteiger partial charge in [-0.2, -0.15) is 5.10 Å². The minimum Gasteiger partial charge on any atom is -0.337 e. The fourth-order valence-corrected chi connectivity index (χ4v) is 4.07. The van der Waals surface area contributed by atoms with Gasteiger partial charge < -0.3 is 10.3 Å². The highest BCUT2D eigenvalue weighted by Gasteiger charge is 2.20. The molecule has 3 N–H and O–H groups in total. The molecule has 0 unspecified atom stereocenters. The maximum atomic E-state index is 15.8. The molecule has 0 aliphatic carbocycles. The van der Waals surface area contributed by atoms with Crippen LogP contribution in [0.25, 0.3) is 44.7 Å². The maximum Gasteiger partial charge on any atom is 0.161 e. The lowest BCUT2D eigenvalue weighted by Gasteiger charge is -2.08. The number of nitrogens with one attached hydrogen (secondary N) is 3. The molecule has 8 heteroatoms. The zero-order chi connectivity index (χ0) is 22.9. The molecule has 0 radical (unpaired) electrons. The van der Waals surface area contributed by atoms with Crippen LogP contribution in [0, 0.1) is 5.82 Å². The van der Waals surface area contributed by atoms with E-state index in [4.69, 9.17) is 0 Å². The van der Waals surface area contributed by atoms with Crippen molar-refractivity contribution in [1.82, 2.24) is 35.5 Å². The van der Waals surface area contributed by atoms with Gasteiger partial charge in [-0.1, -0.05) is 42.5 Å². The zero-order valence-electron chi connectivity index (χ0n) is 18.1. The van der Waals surface area contributed by atoms with Crippen molar-refractivity contribution in [2.45, 2.75) is 13.1 Å². The fourth-order valence-electron chi connectivity index (χ4n) is 4.07. The average molecular weight is 449 g/mol. The highest BCUT2D eigenvalue weighted by molar-refractivity contribution is 5.95. The summed E-state index contributed by atoms with van der Waals surface area (Å²) in [5.74, 6) is 0.0402. The molecule has 4 aromatic heterocycles. The summed E-state index contributed by atoms with van der Waals surface area (Å²) in [6, 6.07) is 19.7. The van der Waals surface area contributed by atoms with Gasteiger partial charge >= 0.3 is 0 Å². The molecule has 4 heterocycles. The van der Waals surface area contributed by atoms with Crippen molar-refractivity contribution in [1.29, 1.82) is 0 Å². The normalized spacial score (nSPS) is 11.4. The van der Waals surface area contributed by atoms with Crippen LogP contribution in [-0.2, 0) is 13.1 Å². The molecule has 0 aliphatic rings. The monoisotopic (exact) mass is 449 g/mol. The van der Waals surface area contributed by atoms with Crippen LogP contribution in [0.2, 0.25) is 0 Å². The molecule has 0 amide bonds. The van der Waals surface area contributed by atoms with Crippen molar-refractivity contribution in [2.75, 3.05) is 0 Å². The predicted octanol–water partition coefficient (Wildman–Crippen LogP) is 4.99. The van der Waals surface area contributed by atoms with Crippen LogP contribution in [-0.4, -0.2) is 30.1 Å². The number of halogens is 1. The highest BCUT2D eigenvalue weighted by atomic mass is 19.1.